The second-order valence-electron chi connectivity index (χ2n) is 9.53. The van der Waals surface area contributed by atoms with Gasteiger partial charge in [0.1, 0.15) is 6.04 Å². The van der Waals surface area contributed by atoms with Crippen LogP contribution in [0.15, 0.2) is 24.3 Å². The third kappa shape index (κ3) is 4.93. The third-order valence-electron chi connectivity index (χ3n) is 5.41. The highest BCUT2D eigenvalue weighted by Gasteiger charge is 2.39. The fourth-order valence-electron chi connectivity index (χ4n) is 4.21. The lowest BCUT2D eigenvalue weighted by molar-refractivity contribution is -0.147. The Hall–Kier alpha value is -1.88. The summed E-state index contributed by atoms with van der Waals surface area (Å²) in [6.45, 7) is 12.0. The minimum Gasteiger partial charge on any atom is -0.371 e. The molecule has 2 aliphatic heterocycles. The van der Waals surface area contributed by atoms with E-state index in [1.807, 2.05) is 56.6 Å². The molecule has 2 heterocycles. The van der Waals surface area contributed by atoms with Crippen LogP contribution in [0.1, 0.15) is 58.6 Å². The standard InChI is InChI=1S/C23H34N2O3/c1-16(2)12-21(26)25-14-18-9-7-6-8-17(18)13-20(25)22(27)24-11-10-19(15-24)28-23(3,4)5/h6-9,16,19-20H,10-15H2,1-5H3/t19-,20?/m1/s1. The molecule has 5 nitrogen and oxygen atoms in total. The summed E-state index contributed by atoms with van der Waals surface area (Å²) in [4.78, 5) is 30.0. The largest absolute Gasteiger partial charge is 0.371 e. The molecule has 1 saturated heterocycles. The van der Waals surface area contributed by atoms with Gasteiger partial charge in [0.15, 0.2) is 0 Å². The molecule has 3 rings (SSSR count). The second kappa shape index (κ2) is 8.24. The molecule has 5 heteroatoms. The van der Waals surface area contributed by atoms with Crippen molar-refractivity contribution in [3.05, 3.63) is 35.4 Å². The van der Waals surface area contributed by atoms with Crippen LogP contribution in [-0.2, 0) is 27.3 Å². The zero-order valence-electron chi connectivity index (χ0n) is 17.9. The molecule has 1 fully saturated rings. The third-order valence-corrected chi connectivity index (χ3v) is 5.41. The molecule has 2 amide bonds. The summed E-state index contributed by atoms with van der Waals surface area (Å²) in [6, 6.07) is 7.75. The maximum absolute atomic E-state index is 13.4. The Kier molecular flexibility index (Phi) is 6.13. The fourth-order valence-corrected chi connectivity index (χ4v) is 4.21. The van der Waals surface area contributed by atoms with E-state index in [-0.39, 0.29) is 29.4 Å². The molecule has 2 atom stereocenters. The van der Waals surface area contributed by atoms with Crippen LogP contribution < -0.4 is 0 Å². The molecule has 0 saturated carbocycles. The van der Waals surface area contributed by atoms with Crippen LogP contribution in [0.2, 0.25) is 0 Å². The van der Waals surface area contributed by atoms with Crippen LogP contribution in [0.5, 0.6) is 0 Å². The van der Waals surface area contributed by atoms with Crippen LogP contribution in [0, 0.1) is 5.92 Å². The van der Waals surface area contributed by atoms with Gasteiger partial charge in [-0.05, 0) is 44.2 Å². The second-order valence-corrected chi connectivity index (χ2v) is 9.53. The quantitative estimate of drug-likeness (QED) is 0.797. The molecule has 154 valence electrons. The average Bonchev–Trinajstić information content (AvgIpc) is 3.05. The number of carbonyl (C=O) groups is 2. The normalized spacial score (nSPS) is 22.5. The maximum atomic E-state index is 13.4. The molecule has 0 spiro atoms. The molecular formula is C23H34N2O3. The Bertz CT molecular complexity index is 723. The monoisotopic (exact) mass is 386 g/mol. The summed E-state index contributed by atoms with van der Waals surface area (Å²) in [5.74, 6) is 0.410. The number of nitrogens with zero attached hydrogens (tertiary/aromatic N) is 2. The Balaban J connectivity index is 1.77. The van der Waals surface area contributed by atoms with Gasteiger partial charge in [-0.25, -0.2) is 0 Å². The summed E-state index contributed by atoms with van der Waals surface area (Å²) in [6.07, 6.45) is 1.99. The summed E-state index contributed by atoms with van der Waals surface area (Å²) in [5.41, 5.74) is 2.11. The van der Waals surface area contributed by atoms with Crippen molar-refractivity contribution in [2.45, 2.75) is 78.2 Å². The highest BCUT2D eigenvalue weighted by molar-refractivity contribution is 5.88. The fraction of sp³-hybridized carbons (Fsp3) is 0.652. The molecule has 0 aromatic heterocycles. The number of rotatable bonds is 4. The first-order valence-electron chi connectivity index (χ1n) is 10.5. The van der Waals surface area contributed by atoms with Crippen molar-refractivity contribution in [2.75, 3.05) is 13.1 Å². The zero-order chi connectivity index (χ0) is 20.5. The molecule has 0 bridgehead atoms. The number of fused-ring (bicyclic) bond motifs is 1. The Morgan fingerprint density at radius 3 is 2.50 bits per heavy atom. The minimum atomic E-state index is -0.408. The highest BCUT2D eigenvalue weighted by atomic mass is 16.5. The molecule has 0 aliphatic carbocycles. The van der Waals surface area contributed by atoms with Crippen molar-refractivity contribution in [1.29, 1.82) is 0 Å². The molecular weight excluding hydrogens is 352 g/mol. The number of likely N-dealkylation sites (tertiary alicyclic amines) is 1. The van der Waals surface area contributed by atoms with E-state index in [0.717, 1.165) is 12.0 Å². The van der Waals surface area contributed by atoms with Crippen molar-refractivity contribution in [2.24, 2.45) is 5.92 Å². The molecule has 0 N–H and O–H groups in total. The van der Waals surface area contributed by atoms with Crippen molar-refractivity contribution >= 4 is 11.8 Å². The van der Waals surface area contributed by atoms with Gasteiger partial charge in [-0.2, -0.15) is 0 Å². The topological polar surface area (TPSA) is 49.9 Å². The van der Waals surface area contributed by atoms with E-state index in [2.05, 4.69) is 12.1 Å². The van der Waals surface area contributed by atoms with Crippen LogP contribution in [0.4, 0.5) is 0 Å². The van der Waals surface area contributed by atoms with E-state index in [9.17, 15) is 9.59 Å². The van der Waals surface area contributed by atoms with Gasteiger partial charge >= 0.3 is 0 Å². The summed E-state index contributed by atoms with van der Waals surface area (Å²) in [5, 5.41) is 0. The smallest absolute Gasteiger partial charge is 0.245 e. The van der Waals surface area contributed by atoms with Gasteiger partial charge in [0.05, 0.1) is 11.7 Å². The zero-order valence-corrected chi connectivity index (χ0v) is 17.9. The van der Waals surface area contributed by atoms with Crippen LogP contribution in [-0.4, -0.2) is 52.5 Å². The molecule has 0 radical (unpaired) electrons. The average molecular weight is 387 g/mol. The first-order chi connectivity index (χ1) is 13.1. The first kappa shape index (κ1) is 20.8. The van der Waals surface area contributed by atoms with E-state index in [0.29, 0.717) is 32.5 Å². The van der Waals surface area contributed by atoms with Gasteiger partial charge in [0.2, 0.25) is 11.8 Å². The first-order valence-corrected chi connectivity index (χ1v) is 10.5. The van der Waals surface area contributed by atoms with Crippen LogP contribution in [0.25, 0.3) is 0 Å². The van der Waals surface area contributed by atoms with E-state index < -0.39 is 6.04 Å². The summed E-state index contributed by atoms with van der Waals surface area (Å²) >= 11 is 0. The van der Waals surface area contributed by atoms with Crippen molar-refractivity contribution < 1.29 is 14.3 Å². The van der Waals surface area contributed by atoms with Gasteiger partial charge in [-0.3, -0.25) is 9.59 Å². The number of amides is 2. The van der Waals surface area contributed by atoms with Crippen molar-refractivity contribution in [3.8, 4) is 0 Å². The van der Waals surface area contributed by atoms with Gasteiger partial charge < -0.3 is 14.5 Å². The Morgan fingerprint density at radius 1 is 1.18 bits per heavy atom. The predicted octanol–water partition coefficient (Wildman–Crippen LogP) is 3.40. The molecule has 1 aromatic carbocycles. The lowest BCUT2D eigenvalue weighted by Gasteiger charge is -2.38. The predicted molar refractivity (Wildman–Crippen MR) is 110 cm³/mol. The van der Waals surface area contributed by atoms with Crippen LogP contribution >= 0.6 is 0 Å². The number of benzene rings is 1. The minimum absolute atomic E-state index is 0.0617. The van der Waals surface area contributed by atoms with E-state index in [4.69, 9.17) is 4.74 Å². The summed E-state index contributed by atoms with van der Waals surface area (Å²) in [7, 11) is 0. The SMILES string of the molecule is CC(C)CC(=O)N1Cc2ccccc2CC1C(=O)N1CC[C@@H](OC(C)(C)C)C1. The lowest BCUT2D eigenvalue weighted by atomic mass is 9.92. The maximum Gasteiger partial charge on any atom is 0.245 e. The highest BCUT2D eigenvalue weighted by Crippen LogP contribution is 2.28. The molecule has 1 unspecified atom stereocenters. The van der Waals surface area contributed by atoms with Gasteiger partial charge in [-0.15, -0.1) is 0 Å². The Labute approximate surface area is 169 Å². The van der Waals surface area contributed by atoms with E-state index in [1.165, 1.54) is 5.56 Å². The number of hydrogen-bond donors (Lipinski definition) is 0. The van der Waals surface area contributed by atoms with Crippen LogP contribution in [0.3, 0.4) is 0 Å². The molecule has 28 heavy (non-hydrogen) atoms. The van der Waals surface area contributed by atoms with E-state index in [1.54, 1.807) is 0 Å². The van der Waals surface area contributed by atoms with E-state index >= 15 is 0 Å². The van der Waals surface area contributed by atoms with Gasteiger partial charge in [0.25, 0.3) is 0 Å². The molecule has 1 aromatic rings. The number of carbonyl (C=O) groups excluding carboxylic acids is 2. The van der Waals surface area contributed by atoms with Gasteiger partial charge in [0, 0.05) is 32.5 Å². The number of hydrogen-bond acceptors (Lipinski definition) is 3. The molecule has 2 aliphatic rings. The number of ether oxygens (including phenoxy) is 1. The van der Waals surface area contributed by atoms with Crippen molar-refractivity contribution in [1.82, 2.24) is 9.80 Å². The van der Waals surface area contributed by atoms with Crippen molar-refractivity contribution in [3.63, 3.8) is 0 Å². The lowest BCUT2D eigenvalue weighted by Crippen LogP contribution is -2.53. The Morgan fingerprint density at radius 2 is 1.86 bits per heavy atom. The summed E-state index contributed by atoms with van der Waals surface area (Å²) < 4.78 is 6.08. The van der Waals surface area contributed by atoms with Gasteiger partial charge in [-0.1, -0.05) is 38.1 Å².